The Morgan fingerprint density at radius 1 is 1.07 bits per heavy atom. The minimum Gasteiger partial charge on any atom is -0.452 e. The summed E-state index contributed by atoms with van der Waals surface area (Å²) in [6, 6.07) is 5.48. The van der Waals surface area contributed by atoms with E-state index in [1.807, 2.05) is 0 Å². The largest absolute Gasteiger partial charge is 0.452 e. The molecule has 0 saturated carbocycles. The van der Waals surface area contributed by atoms with Crippen molar-refractivity contribution in [3.63, 3.8) is 0 Å². The van der Waals surface area contributed by atoms with E-state index in [0.29, 0.717) is 18.7 Å². The molecule has 1 saturated heterocycles. The number of nitrogens with zero attached hydrogens (tertiary/aromatic N) is 2. The van der Waals surface area contributed by atoms with Gasteiger partial charge in [0.05, 0.1) is 4.90 Å². The molecule has 1 amide bonds. The molecule has 0 N–H and O–H groups in total. The summed E-state index contributed by atoms with van der Waals surface area (Å²) in [4.78, 5) is 37.6. The number of hydrogen-bond donors (Lipinski definition) is 0. The number of amides is 1. The average Bonchev–Trinajstić information content (AvgIpc) is 2.96. The van der Waals surface area contributed by atoms with Gasteiger partial charge in [-0.3, -0.25) is 14.4 Å². The van der Waals surface area contributed by atoms with E-state index in [1.54, 1.807) is 4.90 Å². The third kappa shape index (κ3) is 6.11. The van der Waals surface area contributed by atoms with Gasteiger partial charge in [-0.25, -0.2) is 8.42 Å². The smallest absolute Gasteiger partial charge is 0.322 e. The summed E-state index contributed by atoms with van der Waals surface area (Å²) in [6.07, 6.45) is 3.04. The van der Waals surface area contributed by atoms with Gasteiger partial charge in [0.15, 0.2) is 11.9 Å². The van der Waals surface area contributed by atoms with Crippen LogP contribution in [0.4, 0.5) is 0 Å². The van der Waals surface area contributed by atoms with Gasteiger partial charge in [0.2, 0.25) is 10.0 Å². The predicted molar refractivity (Wildman–Crippen MR) is 107 cm³/mol. The van der Waals surface area contributed by atoms with Crippen LogP contribution in [0.2, 0.25) is 0 Å². The summed E-state index contributed by atoms with van der Waals surface area (Å²) in [5.74, 6) is -1.23. The van der Waals surface area contributed by atoms with Crippen molar-refractivity contribution >= 4 is 27.7 Å². The van der Waals surface area contributed by atoms with E-state index in [-0.39, 0.29) is 16.6 Å². The molecule has 160 valence electrons. The maximum atomic E-state index is 12.6. The van der Waals surface area contributed by atoms with Crippen molar-refractivity contribution in [2.24, 2.45) is 0 Å². The number of carbonyl (C=O) groups excluding carboxylic acids is 3. The Labute approximate surface area is 171 Å². The van der Waals surface area contributed by atoms with Crippen LogP contribution >= 0.6 is 0 Å². The zero-order chi connectivity index (χ0) is 21.6. The second-order valence-electron chi connectivity index (χ2n) is 7.21. The molecular formula is C20H28N2O6S. The molecule has 1 aliphatic rings. The lowest BCUT2D eigenvalue weighted by molar-refractivity contribution is -0.159. The van der Waals surface area contributed by atoms with Crippen LogP contribution in [0.3, 0.4) is 0 Å². The molecule has 1 atom stereocenters. The molecule has 2 rings (SSSR count). The van der Waals surface area contributed by atoms with Gasteiger partial charge in [0.25, 0.3) is 5.91 Å². The van der Waals surface area contributed by atoms with E-state index in [1.165, 1.54) is 45.2 Å². The van der Waals surface area contributed by atoms with Crippen LogP contribution in [0, 0.1) is 0 Å². The van der Waals surface area contributed by atoms with Crippen molar-refractivity contribution < 1.29 is 27.5 Å². The SMILES string of the molecule is CC(=O)c1ccc(S(=O)(=O)N(C)CC(=O)OC(C)C(=O)N2CCCCCC2)cc1. The number of ether oxygens (including phenoxy) is 1. The summed E-state index contributed by atoms with van der Waals surface area (Å²) in [7, 11) is -2.67. The van der Waals surface area contributed by atoms with Crippen LogP contribution in [-0.4, -0.2) is 68.1 Å². The summed E-state index contributed by atoms with van der Waals surface area (Å²) in [5, 5.41) is 0. The second kappa shape index (κ2) is 9.98. The summed E-state index contributed by atoms with van der Waals surface area (Å²) < 4.78 is 31.3. The molecular weight excluding hydrogens is 396 g/mol. The van der Waals surface area contributed by atoms with Crippen LogP contribution in [0.5, 0.6) is 0 Å². The summed E-state index contributed by atoms with van der Waals surface area (Å²) >= 11 is 0. The highest BCUT2D eigenvalue weighted by Crippen LogP contribution is 2.16. The van der Waals surface area contributed by atoms with Crippen molar-refractivity contribution in [2.45, 2.75) is 50.5 Å². The maximum absolute atomic E-state index is 12.6. The van der Waals surface area contributed by atoms with Crippen LogP contribution in [0.1, 0.15) is 49.9 Å². The second-order valence-corrected chi connectivity index (χ2v) is 9.26. The molecule has 0 aliphatic carbocycles. The van der Waals surface area contributed by atoms with Crippen LogP contribution in [-0.2, 0) is 24.3 Å². The minimum atomic E-state index is -3.93. The Morgan fingerprint density at radius 3 is 2.14 bits per heavy atom. The Hall–Kier alpha value is -2.26. The van der Waals surface area contributed by atoms with Gasteiger partial charge in [0.1, 0.15) is 6.54 Å². The molecule has 9 heteroatoms. The van der Waals surface area contributed by atoms with Crippen LogP contribution < -0.4 is 0 Å². The van der Waals surface area contributed by atoms with Crippen molar-refractivity contribution in [3.05, 3.63) is 29.8 Å². The number of hydrogen-bond acceptors (Lipinski definition) is 6. The van der Waals surface area contributed by atoms with Crippen molar-refractivity contribution in [2.75, 3.05) is 26.7 Å². The number of ketones is 1. The number of esters is 1. The predicted octanol–water partition coefficient (Wildman–Crippen LogP) is 1.84. The fraction of sp³-hybridized carbons (Fsp3) is 0.550. The van der Waals surface area contributed by atoms with E-state index in [2.05, 4.69) is 0 Å². The topological polar surface area (TPSA) is 101 Å². The Balaban J connectivity index is 1.96. The van der Waals surface area contributed by atoms with Crippen LogP contribution in [0.15, 0.2) is 29.2 Å². The fourth-order valence-corrected chi connectivity index (χ4v) is 4.26. The lowest BCUT2D eigenvalue weighted by atomic mass is 10.2. The Morgan fingerprint density at radius 2 is 1.62 bits per heavy atom. The normalized spacial score (nSPS) is 16.2. The summed E-state index contributed by atoms with van der Waals surface area (Å²) in [5.41, 5.74) is 0.395. The molecule has 0 spiro atoms. The van der Waals surface area contributed by atoms with E-state index < -0.39 is 28.6 Å². The highest BCUT2D eigenvalue weighted by Gasteiger charge is 2.28. The van der Waals surface area contributed by atoms with E-state index in [4.69, 9.17) is 4.74 Å². The molecule has 1 unspecified atom stereocenters. The number of likely N-dealkylation sites (tertiary alicyclic amines) is 1. The molecule has 0 radical (unpaired) electrons. The third-order valence-corrected chi connectivity index (χ3v) is 6.71. The molecule has 1 aromatic rings. The number of Topliss-reactive ketones (excluding diaryl/α,β-unsaturated/α-hetero) is 1. The molecule has 0 aromatic heterocycles. The molecule has 1 fully saturated rings. The van der Waals surface area contributed by atoms with E-state index in [9.17, 15) is 22.8 Å². The van der Waals surface area contributed by atoms with Gasteiger partial charge in [-0.15, -0.1) is 0 Å². The lowest BCUT2D eigenvalue weighted by Gasteiger charge is -2.24. The maximum Gasteiger partial charge on any atom is 0.322 e. The first kappa shape index (κ1) is 23.0. The number of benzene rings is 1. The highest BCUT2D eigenvalue weighted by molar-refractivity contribution is 7.89. The van der Waals surface area contributed by atoms with Gasteiger partial charge in [-0.2, -0.15) is 4.31 Å². The first-order valence-corrected chi connectivity index (χ1v) is 11.1. The number of rotatable bonds is 7. The first-order valence-electron chi connectivity index (χ1n) is 9.68. The average molecular weight is 425 g/mol. The zero-order valence-corrected chi connectivity index (χ0v) is 17.9. The van der Waals surface area contributed by atoms with Gasteiger partial charge in [-0.05, 0) is 38.8 Å². The molecule has 1 aromatic carbocycles. The fourth-order valence-electron chi connectivity index (χ4n) is 3.14. The Bertz CT molecular complexity index is 842. The third-order valence-electron chi connectivity index (χ3n) is 4.89. The number of sulfonamides is 1. The molecule has 29 heavy (non-hydrogen) atoms. The quantitative estimate of drug-likeness (QED) is 0.489. The van der Waals surface area contributed by atoms with E-state index in [0.717, 1.165) is 30.0 Å². The summed E-state index contributed by atoms with van der Waals surface area (Å²) in [6.45, 7) is 3.66. The Kier molecular flexibility index (Phi) is 7.92. The van der Waals surface area contributed by atoms with Gasteiger partial charge in [-0.1, -0.05) is 25.0 Å². The zero-order valence-electron chi connectivity index (χ0n) is 17.1. The molecule has 0 bridgehead atoms. The monoisotopic (exact) mass is 424 g/mol. The standard InChI is InChI=1S/C20H28N2O6S/c1-15(23)17-8-10-18(11-9-17)29(26,27)21(3)14-19(24)28-16(2)20(25)22-12-6-4-5-7-13-22/h8-11,16H,4-7,12-14H2,1-3H3. The molecule has 1 heterocycles. The first-order chi connectivity index (χ1) is 13.6. The van der Waals surface area contributed by atoms with Crippen molar-refractivity contribution in [1.29, 1.82) is 0 Å². The van der Waals surface area contributed by atoms with E-state index >= 15 is 0 Å². The van der Waals surface area contributed by atoms with Gasteiger partial charge >= 0.3 is 5.97 Å². The molecule has 1 aliphatic heterocycles. The minimum absolute atomic E-state index is 0.0357. The van der Waals surface area contributed by atoms with Crippen LogP contribution in [0.25, 0.3) is 0 Å². The highest BCUT2D eigenvalue weighted by atomic mass is 32.2. The van der Waals surface area contributed by atoms with Gasteiger partial charge < -0.3 is 9.64 Å². The lowest BCUT2D eigenvalue weighted by Crippen LogP contribution is -2.42. The van der Waals surface area contributed by atoms with Gasteiger partial charge in [0, 0.05) is 25.7 Å². The van der Waals surface area contributed by atoms with Crippen molar-refractivity contribution in [1.82, 2.24) is 9.21 Å². The molecule has 8 nitrogen and oxygen atoms in total. The number of carbonyl (C=O) groups is 3. The number of likely N-dealkylation sites (N-methyl/N-ethyl adjacent to an activating group) is 1. The van der Waals surface area contributed by atoms with Crippen molar-refractivity contribution in [3.8, 4) is 0 Å².